The minimum atomic E-state index is -0.415. The average Bonchev–Trinajstić information content (AvgIpc) is 3.10. The molecule has 1 aliphatic carbocycles. The first-order chi connectivity index (χ1) is 12.2. The fourth-order valence-corrected chi connectivity index (χ4v) is 2.74. The number of benzene rings is 1. The van der Waals surface area contributed by atoms with Crippen LogP contribution in [0.1, 0.15) is 34.7 Å². The number of halogens is 1. The molecule has 2 aromatic heterocycles. The second-order valence-corrected chi connectivity index (χ2v) is 6.25. The topological polar surface area (TPSA) is 83.8 Å². The maximum atomic E-state index is 14.0. The number of rotatable bonds is 6. The normalized spacial score (nSPS) is 13.8. The van der Waals surface area contributed by atoms with Crippen molar-refractivity contribution in [2.75, 3.05) is 0 Å². The number of nitrogens with one attached hydrogen (secondary N) is 2. The molecule has 1 saturated carbocycles. The van der Waals surface area contributed by atoms with E-state index in [0.717, 1.165) is 12.2 Å². The van der Waals surface area contributed by atoms with Crippen molar-refractivity contribution in [3.8, 4) is 11.3 Å². The van der Waals surface area contributed by atoms with Crippen molar-refractivity contribution in [1.82, 2.24) is 20.7 Å². The van der Waals surface area contributed by atoms with Gasteiger partial charge >= 0.3 is 0 Å². The number of carbonyl (C=O) groups excluding carboxylic acids is 1. The van der Waals surface area contributed by atoms with Gasteiger partial charge in [-0.2, -0.15) is 5.10 Å². The molecule has 0 bridgehead atoms. The summed E-state index contributed by atoms with van der Waals surface area (Å²) in [6.07, 6.45) is 4.77. The summed E-state index contributed by atoms with van der Waals surface area (Å²) in [5, 5.41) is 13.3. The lowest BCUT2D eigenvalue weighted by molar-refractivity contribution is 0.0951. The van der Waals surface area contributed by atoms with E-state index >= 15 is 0 Å². The molecule has 0 unspecified atom stereocenters. The van der Waals surface area contributed by atoms with Crippen molar-refractivity contribution < 1.29 is 13.7 Å². The van der Waals surface area contributed by atoms with Crippen molar-refractivity contribution in [2.45, 2.75) is 25.8 Å². The van der Waals surface area contributed by atoms with Gasteiger partial charge in [0, 0.05) is 18.1 Å². The molecule has 3 aromatic rings. The highest BCUT2D eigenvalue weighted by Crippen LogP contribution is 2.32. The number of hydrogen-bond acceptors (Lipinski definition) is 4. The molecule has 6 nitrogen and oxygen atoms in total. The van der Waals surface area contributed by atoms with E-state index in [4.69, 9.17) is 4.52 Å². The van der Waals surface area contributed by atoms with Gasteiger partial charge in [-0.15, -0.1) is 0 Å². The first-order valence-electron chi connectivity index (χ1n) is 8.21. The van der Waals surface area contributed by atoms with Gasteiger partial charge in [0.15, 0.2) is 0 Å². The molecule has 7 heteroatoms. The Balaban J connectivity index is 1.44. The number of aromatic nitrogens is 3. The molecule has 128 valence electrons. The van der Waals surface area contributed by atoms with Crippen LogP contribution in [0.15, 0.2) is 41.1 Å². The Morgan fingerprint density at radius 1 is 1.36 bits per heavy atom. The molecule has 25 heavy (non-hydrogen) atoms. The number of hydrogen-bond donors (Lipinski definition) is 2. The summed E-state index contributed by atoms with van der Waals surface area (Å²) in [4.78, 5) is 12.4. The molecule has 4 rings (SSSR count). The fraction of sp³-hybridized carbons (Fsp3) is 0.278. The third-order valence-electron chi connectivity index (χ3n) is 4.25. The molecule has 2 N–H and O–H groups in total. The largest absolute Gasteiger partial charge is 0.361 e. The van der Waals surface area contributed by atoms with Crippen molar-refractivity contribution in [1.29, 1.82) is 0 Å². The summed E-state index contributed by atoms with van der Waals surface area (Å²) in [5.74, 6) is 0.799. The standard InChI is InChI=1S/C18H17FN4O2/c19-16-4-2-1-3-14(16)17-15(10-21-22-17)18(24)20-9-12-8-13(25-23-12)7-11-5-6-11/h1-4,8,10-11H,5-7,9H2,(H,20,24)(H,21,22). The zero-order valence-electron chi connectivity index (χ0n) is 13.5. The van der Waals surface area contributed by atoms with Crippen LogP contribution in [0.5, 0.6) is 0 Å². The van der Waals surface area contributed by atoms with Crippen molar-refractivity contribution in [3.05, 3.63) is 59.4 Å². The lowest BCUT2D eigenvalue weighted by Gasteiger charge is -2.05. The molecule has 1 aliphatic rings. The predicted molar refractivity (Wildman–Crippen MR) is 88.1 cm³/mol. The molecular weight excluding hydrogens is 323 g/mol. The molecule has 0 saturated heterocycles. The van der Waals surface area contributed by atoms with E-state index in [1.807, 2.05) is 6.07 Å². The lowest BCUT2D eigenvalue weighted by atomic mass is 10.1. The van der Waals surface area contributed by atoms with Crippen molar-refractivity contribution >= 4 is 5.91 Å². The number of amides is 1. The smallest absolute Gasteiger partial charge is 0.255 e. The Kier molecular flexibility index (Phi) is 4.05. The average molecular weight is 340 g/mol. The van der Waals surface area contributed by atoms with Gasteiger partial charge in [0.2, 0.25) is 0 Å². The first kappa shape index (κ1) is 15.6. The maximum absolute atomic E-state index is 14.0. The highest BCUT2D eigenvalue weighted by molar-refractivity contribution is 5.99. The first-order valence-corrected chi connectivity index (χ1v) is 8.21. The highest BCUT2D eigenvalue weighted by atomic mass is 19.1. The highest BCUT2D eigenvalue weighted by Gasteiger charge is 2.23. The molecule has 1 fully saturated rings. The Morgan fingerprint density at radius 3 is 3.00 bits per heavy atom. The molecule has 1 aromatic carbocycles. The second-order valence-electron chi connectivity index (χ2n) is 6.25. The minimum absolute atomic E-state index is 0.245. The van der Waals surface area contributed by atoms with Crippen LogP contribution in [0.3, 0.4) is 0 Å². The SMILES string of the molecule is O=C(NCc1cc(CC2CC2)on1)c1cn[nH]c1-c1ccccc1F. The van der Waals surface area contributed by atoms with Crippen LogP contribution in [0.2, 0.25) is 0 Å². The van der Waals surface area contributed by atoms with E-state index in [1.165, 1.54) is 25.1 Å². The summed E-state index contributed by atoms with van der Waals surface area (Å²) < 4.78 is 19.2. The zero-order chi connectivity index (χ0) is 17.2. The van der Waals surface area contributed by atoms with Crippen LogP contribution in [0, 0.1) is 11.7 Å². The van der Waals surface area contributed by atoms with Crippen LogP contribution in [0.4, 0.5) is 4.39 Å². The number of carbonyl (C=O) groups is 1. The Morgan fingerprint density at radius 2 is 2.20 bits per heavy atom. The van der Waals surface area contributed by atoms with Gasteiger partial charge in [0.05, 0.1) is 24.0 Å². The number of nitrogens with zero attached hydrogens (tertiary/aromatic N) is 2. The van der Waals surface area contributed by atoms with Crippen LogP contribution < -0.4 is 5.32 Å². The van der Waals surface area contributed by atoms with E-state index in [2.05, 4.69) is 20.7 Å². The van der Waals surface area contributed by atoms with Crippen LogP contribution in [-0.2, 0) is 13.0 Å². The fourth-order valence-electron chi connectivity index (χ4n) is 2.74. The molecular formula is C18H17FN4O2. The second kappa shape index (κ2) is 6.51. The van der Waals surface area contributed by atoms with E-state index in [1.54, 1.807) is 18.2 Å². The number of aromatic amines is 1. The molecule has 0 radical (unpaired) electrons. The monoisotopic (exact) mass is 340 g/mol. The third kappa shape index (κ3) is 3.45. The van der Waals surface area contributed by atoms with E-state index < -0.39 is 5.82 Å². The quantitative estimate of drug-likeness (QED) is 0.722. The minimum Gasteiger partial charge on any atom is -0.361 e. The molecule has 0 aliphatic heterocycles. The molecule has 2 heterocycles. The van der Waals surface area contributed by atoms with Gasteiger partial charge in [0.1, 0.15) is 17.3 Å². The summed E-state index contributed by atoms with van der Waals surface area (Å²) in [5.41, 5.74) is 1.61. The van der Waals surface area contributed by atoms with E-state index in [-0.39, 0.29) is 18.0 Å². The van der Waals surface area contributed by atoms with Gasteiger partial charge in [-0.05, 0) is 30.9 Å². The van der Waals surface area contributed by atoms with E-state index in [0.29, 0.717) is 22.9 Å². The lowest BCUT2D eigenvalue weighted by Crippen LogP contribution is -2.23. The Bertz CT molecular complexity index is 898. The van der Waals surface area contributed by atoms with Crippen molar-refractivity contribution in [2.24, 2.45) is 5.92 Å². The number of H-pyrrole nitrogens is 1. The van der Waals surface area contributed by atoms with Crippen molar-refractivity contribution in [3.63, 3.8) is 0 Å². The third-order valence-corrected chi connectivity index (χ3v) is 4.25. The van der Waals surface area contributed by atoms with Gasteiger partial charge in [-0.25, -0.2) is 4.39 Å². The molecule has 0 spiro atoms. The Labute approximate surface area is 143 Å². The Hall–Kier alpha value is -2.96. The van der Waals surface area contributed by atoms with Crippen LogP contribution in [0.25, 0.3) is 11.3 Å². The summed E-state index contributed by atoms with van der Waals surface area (Å²) >= 11 is 0. The van der Waals surface area contributed by atoms with E-state index in [9.17, 15) is 9.18 Å². The molecule has 0 atom stereocenters. The summed E-state index contributed by atoms with van der Waals surface area (Å²) in [6, 6.07) is 8.11. The zero-order valence-corrected chi connectivity index (χ0v) is 13.5. The van der Waals surface area contributed by atoms with Gasteiger partial charge in [-0.1, -0.05) is 17.3 Å². The van der Waals surface area contributed by atoms with Crippen LogP contribution in [-0.4, -0.2) is 21.3 Å². The van der Waals surface area contributed by atoms with Crippen LogP contribution >= 0.6 is 0 Å². The maximum Gasteiger partial charge on any atom is 0.255 e. The summed E-state index contributed by atoms with van der Waals surface area (Å²) in [7, 11) is 0. The van der Waals surface area contributed by atoms with Gasteiger partial charge in [0.25, 0.3) is 5.91 Å². The van der Waals surface area contributed by atoms with Gasteiger partial charge in [-0.3, -0.25) is 9.89 Å². The summed E-state index contributed by atoms with van der Waals surface area (Å²) in [6.45, 7) is 0.245. The molecule has 1 amide bonds. The predicted octanol–water partition coefficient (Wildman–Crippen LogP) is 3.09. The van der Waals surface area contributed by atoms with Gasteiger partial charge < -0.3 is 9.84 Å².